The minimum atomic E-state index is -0.258. The van der Waals surface area contributed by atoms with E-state index in [-0.39, 0.29) is 30.2 Å². The van der Waals surface area contributed by atoms with Gasteiger partial charge in [0.2, 0.25) is 11.8 Å². The summed E-state index contributed by atoms with van der Waals surface area (Å²) < 4.78 is 4.70. The first-order valence-electron chi connectivity index (χ1n) is 7.25. The van der Waals surface area contributed by atoms with Crippen LogP contribution in [0.5, 0.6) is 0 Å². The summed E-state index contributed by atoms with van der Waals surface area (Å²) in [7, 11) is 1.36. The van der Waals surface area contributed by atoms with Gasteiger partial charge < -0.3 is 14.5 Å². The fourth-order valence-corrected chi connectivity index (χ4v) is 2.81. The summed E-state index contributed by atoms with van der Waals surface area (Å²) >= 11 is 0. The molecule has 2 aliphatic rings. The zero-order chi connectivity index (χ0) is 14.5. The Morgan fingerprint density at radius 3 is 2.80 bits per heavy atom. The molecule has 0 aromatic carbocycles. The molecule has 0 radical (unpaired) electrons. The summed E-state index contributed by atoms with van der Waals surface area (Å²) in [4.78, 5) is 38.8. The Balaban J connectivity index is 1.86. The van der Waals surface area contributed by atoms with E-state index in [1.165, 1.54) is 7.11 Å². The number of carbonyl (C=O) groups is 3. The van der Waals surface area contributed by atoms with E-state index in [1.54, 1.807) is 9.80 Å². The molecular formula is C14H22N2O4. The maximum atomic E-state index is 12.2. The van der Waals surface area contributed by atoms with Crippen LogP contribution in [-0.2, 0) is 19.1 Å². The first-order valence-corrected chi connectivity index (χ1v) is 7.25. The topological polar surface area (TPSA) is 66.9 Å². The van der Waals surface area contributed by atoms with Gasteiger partial charge >= 0.3 is 5.97 Å². The molecule has 2 saturated heterocycles. The van der Waals surface area contributed by atoms with Crippen molar-refractivity contribution in [3.8, 4) is 0 Å². The molecule has 0 bridgehead atoms. The van der Waals surface area contributed by atoms with Gasteiger partial charge in [0.15, 0.2) is 0 Å². The van der Waals surface area contributed by atoms with Crippen molar-refractivity contribution in [3.05, 3.63) is 0 Å². The number of ether oxygens (including phenoxy) is 1. The predicted octanol–water partition coefficient (Wildman–Crippen LogP) is 0.410. The molecule has 2 amide bonds. The van der Waals surface area contributed by atoms with Gasteiger partial charge in [0, 0.05) is 26.1 Å². The molecule has 112 valence electrons. The Kier molecular flexibility index (Phi) is 4.98. The molecule has 0 aromatic heterocycles. The molecule has 1 atom stereocenters. The molecule has 0 aliphatic carbocycles. The molecule has 0 aromatic rings. The normalized spacial score (nSPS) is 23.6. The van der Waals surface area contributed by atoms with E-state index < -0.39 is 0 Å². The molecule has 0 N–H and O–H groups in total. The molecule has 2 rings (SSSR count). The molecule has 2 fully saturated rings. The van der Waals surface area contributed by atoms with Gasteiger partial charge in [0.25, 0.3) is 0 Å². The highest BCUT2D eigenvalue weighted by Gasteiger charge is 2.32. The second kappa shape index (κ2) is 6.72. The highest BCUT2D eigenvalue weighted by molar-refractivity contribution is 5.85. The summed E-state index contributed by atoms with van der Waals surface area (Å²) in [5.41, 5.74) is 0. The van der Waals surface area contributed by atoms with Crippen LogP contribution in [-0.4, -0.2) is 60.9 Å². The van der Waals surface area contributed by atoms with Crippen LogP contribution in [0.4, 0.5) is 0 Å². The van der Waals surface area contributed by atoms with Gasteiger partial charge in [-0.05, 0) is 19.3 Å². The van der Waals surface area contributed by atoms with Gasteiger partial charge in [-0.25, -0.2) is 0 Å². The molecule has 1 unspecified atom stereocenters. The number of hydrogen-bond donors (Lipinski definition) is 0. The number of rotatable bonds is 3. The number of hydrogen-bond acceptors (Lipinski definition) is 4. The highest BCUT2D eigenvalue weighted by Crippen LogP contribution is 2.18. The number of amides is 2. The third-order valence-electron chi connectivity index (χ3n) is 4.07. The quantitative estimate of drug-likeness (QED) is 0.703. The first-order chi connectivity index (χ1) is 9.61. The van der Waals surface area contributed by atoms with Crippen molar-refractivity contribution >= 4 is 17.8 Å². The van der Waals surface area contributed by atoms with E-state index in [9.17, 15) is 14.4 Å². The smallest absolute Gasteiger partial charge is 0.310 e. The Labute approximate surface area is 119 Å². The number of nitrogens with zero attached hydrogens (tertiary/aromatic N) is 2. The highest BCUT2D eigenvalue weighted by atomic mass is 16.5. The van der Waals surface area contributed by atoms with Crippen molar-refractivity contribution in [2.75, 3.05) is 33.3 Å². The Bertz CT molecular complexity index is 397. The van der Waals surface area contributed by atoms with Crippen molar-refractivity contribution in [1.82, 2.24) is 9.80 Å². The van der Waals surface area contributed by atoms with Crippen molar-refractivity contribution in [2.24, 2.45) is 5.92 Å². The van der Waals surface area contributed by atoms with Crippen LogP contribution in [0.15, 0.2) is 0 Å². The summed E-state index contributed by atoms with van der Waals surface area (Å²) in [5.74, 6) is -0.471. The molecule has 6 nitrogen and oxygen atoms in total. The molecule has 2 heterocycles. The van der Waals surface area contributed by atoms with Gasteiger partial charge in [-0.15, -0.1) is 0 Å². The lowest BCUT2D eigenvalue weighted by molar-refractivity contribution is -0.145. The van der Waals surface area contributed by atoms with Crippen molar-refractivity contribution in [1.29, 1.82) is 0 Å². The predicted molar refractivity (Wildman–Crippen MR) is 71.8 cm³/mol. The standard InChI is InChI=1S/C14H22N2O4/c1-20-14(19)11-6-8-16(9-11)13(18)10-15-7-4-2-3-5-12(15)17/h11H,2-10H2,1H3. The van der Waals surface area contributed by atoms with Gasteiger partial charge in [0.1, 0.15) is 0 Å². The lowest BCUT2D eigenvalue weighted by atomic mass is 10.1. The molecule has 0 saturated carbocycles. The van der Waals surface area contributed by atoms with Crippen LogP contribution in [0.2, 0.25) is 0 Å². The largest absolute Gasteiger partial charge is 0.469 e. The van der Waals surface area contributed by atoms with Crippen LogP contribution in [0, 0.1) is 5.92 Å². The second-order valence-electron chi connectivity index (χ2n) is 5.47. The minimum Gasteiger partial charge on any atom is -0.469 e. The average molecular weight is 282 g/mol. The molecular weight excluding hydrogens is 260 g/mol. The van der Waals surface area contributed by atoms with E-state index in [0.29, 0.717) is 32.5 Å². The third kappa shape index (κ3) is 3.49. The number of methoxy groups -OCH3 is 1. The van der Waals surface area contributed by atoms with Crippen LogP contribution >= 0.6 is 0 Å². The second-order valence-corrected chi connectivity index (χ2v) is 5.47. The number of esters is 1. The van der Waals surface area contributed by atoms with E-state index in [2.05, 4.69) is 0 Å². The van der Waals surface area contributed by atoms with E-state index in [1.807, 2.05) is 0 Å². The lowest BCUT2D eigenvalue weighted by Crippen LogP contribution is -2.42. The maximum absolute atomic E-state index is 12.2. The summed E-state index contributed by atoms with van der Waals surface area (Å²) in [6.07, 6.45) is 4.11. The molecule has 0 spiro atoms. The van der Waals surface area contributed by atoms with Gasteiger partial charge in [-0.2, -0.15) is 0 Å². The number of likely N-dealkylation sites (tertiary alicyclic amines) is 2. The Morgan fingerprint density at radius 2 is 2.05 bits per heavy atom. The minimum absolute atomic E-state index is 0.0633. The van der Waals surface area contributed by atoms with Gasteiger partial charge in [-0.1, -0.05) is 6.42 Å². The lowest BCUT2D eigenvalue weighted by Gasteiger charge is -2.23. The van der Waals surface area contributed by atoms with Crippen LogP contribution in [0.1, 0.15) is 32.1 Å². The van der Waals surface area contributed by atoms with Crippen molar-refractivity contribution < 1.29 is 19.1 Å². The Hall–Kier alpha value is -1.59. The molecule has 6 heteroatoms. The van der Waals surface area contributed by atoms with Crippen LogP contribution in [0.3, 0.4) is 0 Å². The van der Waals surface area contributed by atoms with Gasteiger partial charge in [0.05, 0.1) is 19.6 Å². The zero-order valence-corrected chi connectivity index (χ0v) is 12.0. The van der Waals surface area contributed by atoms with E-state index in [0.717, 1.165) is 19.3 Å². The van der Waals surface area contributed by atoms with Crippen molar-refractivity contribution in [3.63, 3.8) is 0 Å². The first kappa shape index (κ1) is 14.8. The van der Waals surface area contributed by atoms with E-state index in [4.69, 9.17) is 4.74 Å². The van der Waals surface area contributed by atoms with Crippen LogP contribution < -0.4 is 0 Å². The fraction of sp³-hybridized carbons (Fsp3) is 0.786. The van der Waals surface area contributed by atoms with E-state index >= 15 is 0 Å². The number of carbonyl (C=O) groups excluding carboxylic acids is 3. The van der Waals surface area contributed by atoms with Gasteiger partial charge in [-0.3, -0.25) is 14.4 Å². The molecule has 20 heavy (non-hydrogen) atoms. The van der Waals surface area contributed by atoms with Crippen molar-refractivity contribution in [2.45, 2.75) is 32.1 Å². The third-order valence-corrected chi connectivity index (χ3v) is 4.07. The average Bonchev–Trinajstić information content (AvgIpc) is 2.86. The molecule has 2 aliphatic heterocycles. The Morgan fingerprint density at radius 1 is 1.25 bits per heavy atom. The fourth-order valence-electron chi connectivity index (χ4n) is 2.81. The SMILES string of the molecule is COC(=O)C1CCN(C(=O)CN2CCCCCC2=O)C1. The summed E-state index contributed by atoms with van der Waals surface area (Å²) in [6, 6.07) is 0. The maximum Gasteiger partial charge on any atom is 0.310 e. The summed E-state index contributed by atoms with van der Waals surface area (Å²) in [5, 5.41) is 0. The zero-order valence-electron chi connectivity index (χ0n) is 12.0. The monoisotopic (exact) mass is 282 g/mol. The van der Waals surface area contributed by atoms with Crippen LogP contribution in [0.25, 0.3) is 0 Å². The summed E-state index contributed by atoms with van der Waals surface area (Å²) in [6.45, 7) is 1.79.